The number of benzene rings is 1. The van der Waals surface area contributed by atoms with Crippen LogP contribution in [0.1, 0.15) is 0 Å². The molecule has 3 nitrogen and oxygen atoms in total. The van der Waals surface area contributed by atoms with Crippen LogP contribution in [-0.4, -0.2) is 18.3 Å². The van der Waals surface area contributed by atoms with Crippen LogP contribution >= 0.6 is 0 Å². The molecule has 0 aliphatic carbocycles. The van der Waals surface area contributed by atoms with E-state index in [0.29, 0.717) is 24.7 Å². The van der Waals surface area contributed by atoms with Gasteiger partial charge < -0.3 is 14.6 Å². The van der Waals surface area contributed by atoms with E-state index in [1.807, 2.05) is 0 Å². The van der Waals surface area contributed by atoms with Crippen molar-refractivity contribution in [3.63, 3.8) is 0 Å². The van der Waals surface area contributed by atoms with E-state index in [1.54, 1.807) is 0 Å². The fourth-order valence-electron chi connectivity index (χ4n) is 1.05. The molecule has 1 aliphatic heterocycles. The highest BCUT2D eigenvalue weighted by molar-refractivity contribution is 5.46. The molecule has 0 spiro atoms. The Bertz CT molecular complexity index is 280. The van der Waals surface area contributed by atoms with Gasteiger partial charge in [0.2, 0.25) is 0 Å². The maximum absolute atomic E-state index is 12.7. The number of aromatic hydroxyl groups is 1. The number of rotatable bonds is 0. The molecule has 0 aromatic heterocycles. The zero-order valence-electron chi connectivity index (χ0n) is 6.21. The number of phenols is 1. The Kier molecular flexibility index (Phi) is 1.53. The molecule has 0 atom stereocenters. The van der Waals surface area contributed by atoms with Gasteiger partial charge in [-0.15, -0.1) is 0 Å². The number of phenolic OH excluding ortho intramolecular Hbond substituents is 1. The zero-order valence-corrected chi connectivity index (χ0v) is 6.21. The Labute approximate surface area is 68.3 Å². The Morgan fingerprint density at radius 3 is 2.42 bits per heavy atom. The van der Waals surface area contributed by atoms with Crippen LogP contribution in [0.5, 0.6) is 17.2 Å². The SMILES string of the molecule is Oc1cc2c(cc1F)OCCO2. The van der Waals surface area contributed by atoms with E-state index < -0.39 is 11.6 Å². The summed E-state index contributed by atoms with van der Waals surface area (Å²) in [6.45, 7) is 0.843. The summed E-state index contributed by atoms with van der Waals surface area (Å²) in [7, 11) is 0. The van der Waals surface area contributed by atoms with Crippen molar-refractivity contribution in [1.82, 2.24) is 0 Å². The first-order valence-electron chi connectivity index (χ1n) is 3.55. The van der Waals surface area contributed by atoms with E-state index >= 15 is 0 Å². The predicted octanol–water partition coefficient (Wildman–Crippen LogP) is 1.30. The summed E-state index contributed by atoms with van der Waals surface area (Å²) >= 11 is 0. The van der Waals surface area contributed by atoms with E-state index in [4.69, 9.17) is 14.6 Å². The first-order chi connectivity index (χ1) is 5.77. The van der Waals surface area contributed by atoms with Crippen molar-refractivity contribution in [3.8, 4) is 17.2 Å². The highest BCUT2D eigenvalue weighted by Crippen LogP contribution is 2.34. The van der Waals surface area contributed by atoms with Crippen molar-refractivity contribution >= 4 is 0 Å². The van der Waals surface area contributed by atoms with Crippen LogP contribution in [0.3, 0.4) is 0 Å². The maximum atomic E-state index is 12.7. The van der Waals surface area contributed by atoms with Gasteiger partial charge in [0, 0.05) is 12.1 Å². The third-order valence-electron chi connectivity index (χ3n) is 1.61. The zero-order chi connectivity index (χ0) is 8.55. The van der Waals surface area contributed by atoms with Crippen LogP contribution in [0.4, 0.5) is 4.39 Å². The average molecular weight is 170 g/mol. The summed E-state index contributed by atoms with van der Waals surface area (Å²) in [5, 5.41) is 8.96. The minimum absolute atomic E-state index is 0.344. The van der Waals surface area contributed by atoms with Gasteiger partial charge in [0.15, 0.2) is 23.1 Å². The molecule has 1 aliphatic rings. The quantitative estimate of drug-likeness (QED) is 0.637. The molecular formula is C8H7FO3. The molecule has 0 bridgehead atoms. The number of halogens is 1. The highest BCUT2D eigenvalue weighted by Gasteiger charge is 2.14. The summed E-state index contributed by atoms with van der Waals surface area (Å²) in [4.78, 5) is 0. The lowest BCUT2D eigenvalue weighted by Gasteiger charge is -2.18. The van der Waals surface area contributed by atoms with Gasteiger partial charge in [0.25, 0.3) is 0 Å². The summed E-state index contributed by atoms with van der Waals surface area (Å²) < 4.78 is 22.9. The second kappa shape index (κ2) is 2.55. The van der Waals surface area contributed by atoms with Crippen LogP contribution in [0.2, 0.25) is 0 Å². The molecule has 0 saturated carbocycles. The van der Waals surface area contributed by atoms with Crippen LogP contribution in [-0.2, 0) is 0 Å². The molecule has 0 amide bonds. The van der Waals surface area contributed by atoms with Gasteiger partial charge in [-0.3, -0.25) is 0 Å². The molecule has 64 valence electrons. The van der Waals surface area contributed by atoms with Gasteiger partial charge in [0.05, 0.1) is 0 Å². The molecule has 0 unspecified atom stereocenters. The molecule has 1 aromatic rings. The lowest BCUT2D eigenvalue weighted by Crippen LogP contribution is -2.15. The molecule has 4 heteroatoms. The smallest absolute Gasteiger partial charge is 0.168 e. The van der Waals surface area contributed by atoms with Crippen molar-refractivity contribution in [2.24, 2.45) is 0 Å². The van der Waals surface area contributed by atoms with E-state index in [1.165, 1.54) is 6.07 Å². The second-order valence-corrected chi connectivity index (χ2v) is 2.45. The van der Waals surface area contributed by atoms with Crippen LogP contribution in [0.25, 0.3) is 0 Å². The second-order valence-electron chi connectivity index (χ2n) is 2.45. The van der Waals surface area contributed by atoms with Crippen molar-refractivity contribution in [2.75, 3.05) is 13.2 Å². The van der Waals surface area contributed by atoms with Gasteiger partial charge >= 0.3 is 0 Å². The Hall–Kier alpha value is -1.45. The first kappa shape index (κ1) is 7.21. The minimum Gasteiger partial charge on any atom is -0.505 e. The molecule has 1 aromatic carbocycles. The van der Waals surface area contributed by atoms with Gasteiger partial charge in [-0.1, -0.05) is 0 Å². The number of ether oxygens (including phenoxy) is 2. The average Bonchev–Trinajstić information content (AvgIpc) is 2.07. The maximum Gasteiger partial charge on any atom is 0.168 e. The summed E-state index contributed by atoms with van der Waals surface area (Å²) in [5.41, 5.74) is 0. The Morgan fingerprint density at radius 1 is 1.17 bits per heavy atom. The lowest BCUT2D eigenvalue weighted by atomic mass is 10.3. The third kappa shape index (κ3) is 1.05. The Balaban J connectivity index is 2.49. The topological polar surface area (TPSA) is 38.7 Å². The third-order valence-corrected chi connectivity index (χ3v) is 1.61. The molecule has 2 rings (SSSR count). The van der Waals surface area contributed by atoms with Crippen molar-refractivity contribution < 1.29 is 19.0 Å². The normalized spacial score (nSPS) is 14.4. The van der Waals surface area contributed by atoms with Gasteiger partial charge in [-0.25, -0.2) is 4.39 Å². The first-order valence-corrected chi connectivity index (χ1v) is 3.55. The van der Waals surface area contributed by atoms with E-state index in [2.05, 4.69) is 0 Å². The number of hydrogen-bond donors (Lipinski definition) is 1. The molecule has 1 N–H and O–H groups in total. The van der Waals surface area contributed by atoms with Crippen molar-refractivity contribution in [3.05, 3.63) is 17.9 Å². The van der Waals surface area contributed by atoms with E-state index in [-0.39, 0.29) is 0 Å². The molecule has 0 saturated heterocycles. The van der Waals surface area contributed by atoms with Crippen LogP contribution in [0.15, 0.2) is 12.1 Å². The highest BCUT2D eigenvalue weighted by atomic mass is 19.1. The molecule has 0 fully saturated rings. The number of hydrogen-bond acceptors (Lipinski definition) is 3. The predicted molar refractivity (Wildman–Crippen MR) is 39.1 cm³/mol. The minimum atomic E-state index is -0.695. The van der Waals surface area contributed by atoms with Crippen molar-refractivity contribution in [1.29, 1.82) is 0 Å². The summed E-state index contributed by atoms with van der Waals surface area (Å²) in [5.74, 6) is -0.379. The standard InChI is InChI=1S/C8H7FO3/c9-5-3-7-8(4-6(5)10)12-2-1-11-7/h3-4,10H,1-2H2. The molecule has 1 heterocycles. The lowest BCUT2D eigenvalue weighted by molar-refractivity contribution is 0.169. The summed E-state index contributed by atoms with van der Waals surface area (Å²) in [6.07, 6.45) is 0. The fraction of sp³-hybridized carbons (Fsp3) is 0.250. The molecular weight excluding hydrogens is 163 g/mol. The largest absolute Gasteiger partial charge is 0.505 e. The monoisotopic (exact) mass is 170 g/mol. The summed E-state index contributed by atoms with van der Waals surface area (Å²) in [6, 6.07) is 2.33. The van der Waals surface area contributed by atoms with Crippen LogP contribution in [0, 0.1) is 5.82 Å². The molecule has 0 radical (unpaired) electrons. The van der Waals surface area contributed by atoms with Crippen molar-refractivity contribution in [2.45, 2.75) is 0 Å². The van der Waals surface area contributed by atoms with E-state index in [0.717, 1.165) is 6.07 Å². The fourth-order valence-corrected chi connectivity index (χ4v) is 1.05. The van der Waals surface area contributed by atoms with Gasteiger partial charge in [-0.2, -0.15) is 0 Å². The van der Waals surface area contributed by atoms with Gasteiger partial charge in [-0.05, 0) is 0 Å². The van der Waals surface area contributed by atoms with E-state index in [9.17, 15) is 4.39 Å². The van der Waals surface area contributed by atoms with Crippen LogP contribution < -0.4 is 9.47 Å². The number of fused-ring (bicyclic) bond motifs is 1. The molecule has 12 heavy (non-hydrogen) atoms. The Morgan fingerprint density at radius 2 is 1.75 bits per heavy atom. The van der Waals surface area contributed by atoms with Gasteiger partial charge in [0.1, 0.15) is 13.2 Å².